The van der Waals surface area contributed by atoms with Crippen LogP contribution in [0.4, 0.5) is 4.79 Å². The summed E-state index contributed by atoms with van der Waals surface area (Å²) >= 11 is 0. The van der Waals surface area contributed by atoms with Gasteiger partial charge >= 0.3 is 6.03 Å². The van der Waals surface area contributed by atoms with Crippen molar-refractivity contribution >= 4 is 6.03 Å². The van der Waals surface area contributed by atoms with Crippen LogP contribution in [0.5, 0.6) is 0 Å². The highest BCUT2D eigenvalue weighted by Gasteiger charge is 2.40. The summed E-state index contributed by atoms with van der Waals surface area (Å²) in [4.78, 5) is 14.7. The first kappa shape index (κ1) is 15.5. The van der Waals surface area contributed by atoms with Gasteiger partial charge in [-0.2, -0.15) is 0 Å². The number of urea groups is 1. The van der Waals surface area contributed by atoms with Crippen LogP contribution in [-0.2, 0) is 4.74 Å². The molecule has 3 fully saturated rings. The van der Waals surface area contributed by atoms with Crippen LogP contribution in [0, 0.1) is 11.8 Å². The number of fused-ring (bicyclic) bond motifs is 1. The number of carbonyl (C=O) groups excluding carboxylic acids is 1. The van der Waals surface area contributed by atoms with Gasteiger partial charge in [0.2, 0.25) is 0 Å². The van der Waals surface area contributed by atoms with Gasteiger partial charge in [-0.05, 0) is 50.4 Å². The van der Waals surface area contributed by atoms with E-state index in [0.717, 1.165) is 45.4 Å². The fraction of sp³-hybridized carbons (Fsp3) is 0.842. The van der Waals surface area contributed by atoms with Crippen molar-refractivity contribution in [3.05, 3.63) is 12.2 Å². The molecule has 4 rings (SSSR count). The maximum absolute atomic E-state index is 12.7. The molecule has 1 saturated carbocycles. The molecule has 23 heavy (non-hydrogen) atoms. The van der Waals surface area contributed by atoms with E-state index < -0.39 is 0 Å². The molecular weight excluding hydrogens is 288 g/mol. The molecule has 0 aromatic heterocycles. The summed E-state index contributed by atoms with van der Waals surface area (Å²) in [5, 5.41) is 3.33. The highest BCUT2D eigenvalue weighted by molar-refractivity contribution is 5.75. The summed E-state index contributed by atoms with van der Waals surface area (Å²) in [7, 11) is 0. The lowest BCUT2D eigenvalue weighted by molar-refractivity contribution is -0.108. The van der Waals surface area contributed by atoms with Crippen molar-refractivity contribution in [1.29, 1.82) is 0 Å². The lowest BCUT2D eigenvalue weighted by Gasteiger charge is -2.43. The first-order chi connectivity index (χ1) is 11.2. The Bertz CT molecular complexity index is 448. The molecule has 2 saturated heterocycles. The maximum Gasteiger partial charge on any atom is 0.317 e. The van der Waals surface area contributed by atoms with Gasteiger partial charge in [0.25, 0.3) is 0 Å². The zero-order valence-electron chi connectivity index (χ0n) is 14.1. The SMILES string of the molecule is O=C(N[C@@H]1CCOC2(CCCCC2)C1)N1C[C@@H]2CC=CC[C@H]2C1. The molecular formula is C19H30N2O2. The monoisotopic (exact) mass is 318 g/mol. The Kier molecular flexibility index (Phi) is 4.35. The van der Waals surface area contributed by atoms with Gasteiger partial charge in [0.15, 0.2) is 0 Å². The van der Waals surface area contributed by atoms with E-state index in [2.05, 4.69) is 22.4 Å². The number of nitrogens with zero attached hydrogens (tertiary/aromatic N) is 1. The fourth-order valence-electron chi connectivity index (χ4n) is 5.14. The second kappa shape index (κ2) is 6.46. The maximum atomic E-state index is 12.7. The Morgan fingerprint density at radius 2 is 1.78 bits per heavy atom. The topological polar surface area (TPSA) is 41.6 Å². The van der Waals surface area contributed by atoms with Gasteiger partial charge in [-0.1, -0.05) is 31.4 Å². The molecule has 2 aliphatic heterocycles. The van der Waals surface area contributed by atoms with Crippen molar-refractivity contribution in [2.75, 3.05) is 19.7 Å². The van der Waals surface area contributed by atoms with Crippen molar-refractivity contribution in [3.8, 4) is 0 Å². The molecule has 3 atom stereocenters. The van der Waals surface area contributed by atoms with Crippen molar-refractivity contribution in [2.45, 2.75) is 69.4 Å². The molecule has 0 aromatic carbocycles. The third-order valence-corrected chi connectivity index (χ3v) is 6.49. The van der Waals surface area contributed by atoms with Gasteiger partial charge in [0.05, 0.1) is 5.60 Å². The number of rotatable bonds is 1. The van der Waals surface area contributed by atoms with Crippen molar-refractivity contribution < 1.29 is 9.53 Å². The fourth-order valence-corrected chi connectivity index (χ4v) is 5.14. The van der Waals surface area contributed by atoms with Gasteiger partial charge in [-0.25, -0.2) is 4.79 Å². The summed E-state index contributed by atoms with van der Waals surface area (Å²) in [5.74, 6) is 1.37. The van der Waals surface area contributed by atoms with Gasteiger partial charge in [-0.3, -0.25) is 0 Å². The third kappa shape index (κ3) is 3.28. The average molecular weight is 318 g/mol. The molecule has 4 nitrogen and oxygen atoms in total. The predicted molar refractivity (Wildman–Crippen MR) is 90.2 cm³/mol. The van der Waals surface area contributed by atoms with Crippen molar-refractivity contribution in [1.82, 2.24) is 10.2 Å². The number of ether oxygens (including phenoxy) is 1. The highest BCUT2D eigenvalue weighted by Crippen LogP contribution is 2.39. The predicted octanol–water partition coefficient (Wildman–Crippen LogP) is 3.48. The molecule has 0 unspecified atom stereocenters. The molecule has 1 spiro atoms. The van der Waals surface area contributed by atoms with E-state index in [1.54, 1.807) is 0 Å². The summed E-state index contributed by atoms with van der Waals surface area (Å²) in [5.41, 5.74) is 0.0668. The number of amides is 2. The van der Waals surface area contributed by atoms with Crippen molar-refractivity contribution in [3.63, 3.8) is 0 Å². The first-order valence-electron chi connectivity index (χ1n) is 9.58. The lowest BCUT2D eigenvalue weighted by Crippen LogP contribution is -2.52. The third-order valence-electron chi connectivity index (χ3n) is 6.49. The number of allylic oxidation sites excluding steroid dienone is 2. The number of hydrogen-bond donors (Lipinski definition) is 1. The standard InChI is InChI=1S/C19H30N2O2/c22-18(21-13-15-6-2-3-7-16(15)14-21)20-17-8-11-23-19(12-17)9-4-1-5-10-19/h2-3,15-17H,1,4-14H2,(H,20,22)/t15-,16-,17+/m0/s1. The first-order valence-corrected chi connectivity index (χ1v) is 9.58. The molecule has 4 aliphatic rings. The van der Waals surface area contributed by atoms with E-state index in [-0.39, 0.29) is 11.6 Å². The highest BCUT2D eigenvalue weighted by atomic mass is 16.5. The Hall–Kier alpha value is -1.03. The van der Waals surface area contributed by atoms with Gasteiger partial charge < -0.3 is 15.0 Å². The van der Waals surface area contributed by atoms with Crippen molar-refractivity contribution in [2.24, 2.45) is 11.8 Å². The van der Waals surface area contributed by atoms with E-state index in [1.807, 2.05) is 0 Å². The number of nitrogens with one attached hydrogen (secondary N) is 1. The number of likely N-dealkylation sites (tertiary alicyclic amines) is 1. The molecule has 2 aliphatic carbocycles. The summed E-state index contributed by atoms with van der Waals surface area (Å²) in [6.07, 6.45) is 15.1. The second-order valence-corrected chi connectivity index (χ2v) is 8.10. The minimum Gasteiger partial charge on any atom is -0.375 e. The Labute approximate surface area is 139 Å². The number of hydrogen-bond acceptors (Lipinski definition) is 2. The minimum atomic E-state index is 0.0668. The van der Waals surface area contributed by atoms with Gasteiger partial charge in [0, 0.05) is 25.7 Å². The quantitative estimate of drug-likeness (QED) is 0.752. The van der Waals surface area contributed by atoms with E-state index in [1.165, 1.54) is 32.1 Å². The molecule has 128 valence electrons. The van der Waals surface area contributed by atoms with Crippen LogP contribution in [0.1, 0.15) is 57.8 Å². The van der Waals surface area contributed by atoms with Crippen LogP contribution in [-0.4, -0.2) is 42.3 Å². The van der Waals surface area contributed by atoms with Crippen LogP contribution < -0.4 is 5.32 Å². The van der Waals surface area contributed by atoms with Crippen LogP contribution in [0.15, 0.2) is 12.2 Å². The zero-order valence-corrected chi connectivity index (χ0v) is 14.1. The van der Waals surface area contributed by atoms with Crippen LogP contribution >= 0.6 is 0 Å². The van der Waals surface area contributed by atoms with Gasteiger partial charge in [-0.15, -0.1) is 0 Å². The van der Waals surface area contributed by atoms with Crippen LogP contribution in [0.25, 0.3) is 0 Å². The molecule has 4 heteroatoms. The van der Waals surface area contributed by atoms with Crippen LogP contribution in [0.3, 0.4) is 0 Å². The van der Waals surface area contributed by atoms with Gasteiger partial charge in [0.1, 0.15) is 0 Å². The Morgan fingerprint density at radius 1 is 1.09 bits per heavy atom. The molecule has 0 aromatic rings. The summed E-state index contributed by atoms with van der Waals surface area (Å²) in [6.45, 7) is 2.69. The molecule has 0 bridgehead atoms. The largest absolute Gasteiger partial charge is 0.375 e. The molecule has 2 heterocycles. The Morgan fingerprint density at radius 3 is 2.48 bits per heavy atom. The summed E-state index contributed by atoms with van der Waals surface area (Å²) < 4.78 is 6.15. The molecule has 1 N–H and O–H groups in total. The second-order valence-electron chi connectivity index (χ2n) is 8.10. The minimum absolute atomic E-state index is 0.0668. The zero-order chi connectivity index (χ0) is 15.7. The normalized spacial score (nSPS) is 36.0. The van der Waals surface area contributed by atoms with Crippen LogP contribution in [0.2, 0.25) is 0 Å². The average Bonchev–Trinajstić information content (AvgIpc) is 3.00. The summed E-state index contributed by atoms with van der Waals surface area (Å²) in [6, 6.07) is 0.465. The van der Waals surface area contributed by atoms with E-state index >= 15 is 0 Å². The van der Waals surface area contributed by atoms with E-state index in [4.69, 9.17) is 4.74 Å². The lowest BCUT2D eigenvalue weighted by atomic mass is 9.78. The number of carbonyl (C=O) groups is 1. The van der Waals surface area contributed by atoms with E-state index in [0.29, 0.717) is 17.9 Å². The smallest absolute Gasteiger partial charge is 0.317 e. The molecule has 2 amide bonds. The molecule has 0 radical (unpaired) electrons. The van der Waals surface area contributed by atoms with E-state index in [9.17, 15) is 4.79 Å². The Balaban J connectivity index is 1.32.